The van der Waals surface area contributed by atoms with Gasteiger partial charge in [-0.05, 0) is 37.6 Å². The molecule has 118 valence electrons. The molecular formula is C15H23ClN2O2S. The zero-order valence-electron chi connectivity index (χ0n) is 12.6. The van der Waals surface area contributed by atoms with E-state index < -0.39 is 10.0 Å². The molecule has 0 amide bonds. The third-order valence-corrected chi connectivity index (χ3v) is 6.51. The van der Waals surface area contributed by atoms with Gasteiger partial charge in [0.1, 0.15) is 4.90 Å². The molecule has 1 saturated carbocycles. The second kappa shape index (κ2) is 7.09. The quantitative estimate of drug-likeness (QED) is 0.902. The van der Waals surface area contributed by atoms with E-state index >= 15 is 0 Å². The minimum Gasteiger partial charge on any atom is -0.316 e. The van der Waals surface area contributed by atoms with Gasteiger partial charge >= 0.3 is 0 Å². The maximum absolute atomic E-state index is 12.8. The number of benzene rings is 1. The molecule has 0 atom stereocenters. The highest BCUT2D eigenvalue weighted by Gasteiger charge is 2.30. The summed E-state index contributed by atoms with van der Waals surface area (Å²) in [7, 11) is -0.0332. The Kier molecular flexibility index (Phi) is 5.66. The summed E-state index contributed by atoms with van der Waals surface area (Å²) in [6, 6.07) is 5.27. The highest BCUT2D eigenvalue weighted by atomic mass is 35.5. The smallest absolute Gasteiger partial charge is 0.244 e. The lowest BCUT2D eigenvalue weighted by Gasteiger charge is -2.30. The SMILES string of the molecule is CNCc1ccc(Cl)c(S(=O)(=O)N(C)C2CCCCC2)c1. The van der Waals surface area contributed by atoms with Gasteiger partial charge in [0.15, 0.2) is 0 Å². The number of rotatable bonds is 5. The van der Waals surface area contributed by atoms with Crippen LogP contribution in [0.25, 0.3) is 0 Å². The molecule has 0 heterocycles. The predicted molar refractivity (Wildman–Crippen MR) is 86.0 cm³/mol. The molecule has 1 N–H and O–H groups in total. The molecule has 1 aromatic rings. The molecule has 0 aromatic heterocycles. The Morgan fingerprint density at radius 3 is 2.57 bits per heavy atom. The van der Waals surface area contributed by atoms with Gasteiger partial charge in [-0.25, -0.2) is 8.42 Å². The fourth-order valence-corrected chi connectivity index (χ4v) is 4.79. The molecular weight excluding hydrogens is 308 g/mol. The standard InChI is InChI=1S/C15H23ClN2O2S/c1-17-11-12-8-9-14(16)15(10-12)21(19,20)18(2)13-6-4-3-5-7-13/h8-10,13,17H,3-7,11H2,1-2H3. The van der Waals surface area contributed by atoms with Crippen LogP contribution >= 0.6 is 11.6 Å². The average molecular weight is 331 g/mol. The third kappa shape index (κ3) is 3.77. The average Bonchev–Trinajstić information content (AvgIpc) is 2.49. The Labute approximate surface area is 132 Å². The van der Waals surface area contributed by atoms with Gasteiger partial charge < -0.3 is 5.32 Å². The Balaban J connectivity index is 2.31. The molecule has 1 fully saturated rings. The molecule has 6 heteroatoms. The molecule has 1 aliphatic rings. The summed E-state index contributed by atoms with van der Waals surface area (Å²) in [5.41, 5.74) is 0.914. The van der Waals surface area contributed by atoms with Gasteiger partial charge in [0.2, 0.25) is 10.0 Å². The normalized spacial score (nSPS) is 17.3. The molecule has 0 spiro atoms. The van der Waals surface area contributed by atoms with Crippen LogP contribution < -0.4 is 5.32 Å². The highest BCUT2D eigenvalue weighted by Crippen LogP contribution is 2.30. The van der Waals surface area contributed by atoms with Crippen molar-refractivity contribution in [1.82, 2.24) is 9.62 Å². The van der Waals surface area contributed by atoms with E-state index in [9.17, 15) is 8.42 Å². The van der Waals surface area contributed by atoms with Crippen LogP contribution in [0.4, 0.5) is 0 Å². The van der Waals surface area contributed by atoms with Crippen LogP contribution in [-0.2, 0) is 16.6 Å². The fraction of sp³-hybridized carbons (Fsp3) is 0.600. The summed E-state index contributed by atoms with van der Waals surface area (Å²) >= 11 is 6.14. The van der Waals surface area contributed by atoms with E-state index in [1.165, 1.54) is 10.7 Å². The van der Waals surface area contributed by atoms with Crippen molar-refractivity contribution in [2.45, 2.75) is 49.6 Å². The predicted octanol–water partition coefficient (Wildman–Crippen LogP) is 3.01. The first-order valence-corrected chi connectivity index (χ1v) is 9.19. The van der Waals surface area contributed by atoms with E-state index in [-0.39, 0.29) is 16.0 Å². The first kappa shape index (κ1) is 16.7. The van der Waals surface area contributed by atoms with E-state index in [1.807, 2.05) is 13.1 Å². The molecule has 1 aromatic carbocycles. The van der Waals surface area contributed by atoms with Gasteiger partial charge in [0.25, 0.3) is 0 Å². The monoisotopic (exact) mass is 330 g/mol. The van der Waals surface area contributed by atoms with Crippen molar-refractivity contribution in [2.24, 2.45) is 0 Å². The van der Waals surface area contributed by atoms with Crippen molar-refractivity contribution < 1.29 is 8.42 Å². The summed E-state index contributed by atoms with van der Waals surface area (Å²) in [5.74, 6) is 0. The number of sulfonamides is 1. The number of hydrogen-bond donors (Lipinski definition) is 1. The largest absolute Gasteiger partial charge is 0.316 e. The molecule has 4 nitrogen and oxygen atoms in total. The van der Waals surface area contributed by atoms with Gasteiger partial charge in [0, 0.05) is 19.6 Å². The zero-order chi connectivity index (χ0) is 15.5. The van der Waals surface area contributed by atoms with Crippen molar-refractivity contribution in [3.63, 3.8) is 0 Å². The Morgan fingerprint density at radius 2 is 1.95 bits per heavy atom. The zero-order valence-corrected chi connectivity index (χ0v) is 14.2. The number of hydrogen-bond acceptors (Lipinski definition) is 3. The van der Waals surface area contributed by atoms with Crippen molar-refractivity contribution in [3.05, 3.63) is 28.8 Å². The topological polar surface area (TPSA) is 49.4 Å². The molecule has 0 bridgehead atoms. The van der Waals surface area contributed by atoms with Crippen molar-refractivity contribution in [3.8, 4) is 0 Å². The number of nitrogens with zero attached hydrogens (tertiary/aromatic N) is 1. The summed E-state index contributed by atoms with van der Waals surface area (Å²) in [4.78, 5) is 0.213. The van der Waals surface area contributed by atoms with Crippen LogP contribution in [0.2, 0.25) is 5.02 Å². The van der Waals surface area contributed by atoms with E-state index in [2.05, 4.69) is 5.32 Å². The van der Waals surface area contributed by atoms with Crippen molar-refractivity contribution >= 4 is 21.6 Å². The first-order valence-electron chi connectivity index (χ1n) is 7.38. The second-order valence-electron chi connectivity index (χ2n) is 5.61. The summed E-state index contributed by atoms with van der Waals surface area (Å²) < 4.78 is 27.2. The molecule has 1 aliphatic carbocycles. The minimum absolute atomic E-state index is 0.0905. The maximum atomic E-state index is 12.8. The van der Waals surface area contributed by atoms with Gasteiger partial charge in [-0.3, -0.25) is 0 Å². The first-order chi connectivity index (χ1) is 9.96. The third-order valence-electron chi connectivity index (χ3n) is 4.12. The van der Waals surface area contributed by atoms with Crippen LogP contribution in [-0.4, -0.2) is 32.9 Å². The van der Waals surface area contributed by atoms with Crippen LogP contribution in [0, 0.1) is 0 Å². The molecule has 0 radical (unpaired) electrons. The lowest BCUT2D eigenvalue weighted by molar-refractivity contribution is 0.286. The lowest BCUT2D eigenvalue weighted by atomic mass is 9.96. The molecule has 0 aliphatic heterocycles. The minimum atomic E-state index is -3.54. The maximum Gasteiger partial charge on any atom is 0.244 e. The fourth-order valence-electron chi connectivity index (χ4n) is 2.86. The Hall–Kier alpha value is -0.620. The summed E-state index contributed by atoms with van der Waals surface area (Å²) in [6.07, 6.45) is 5.26. The van der Waals surface area contributed by atoms with E-state index in [4.69, 9.17) is 11.6 Å². The molecule has 2 rings (SSSR count). The van der Waals surface area contributed by atoms with E-state index in [0.717, 1.165) is 31.2 Å². The van der Waals surface area contributed by atoms with Gasteiger partial charge in [-0.2, -0.15) is 4.31 Å². The van der Waals surface area contributed by atoms with Crippen LogP contribution in [0.15, 0.2) is 23.1 Å². The number of halogens is 1. The van der Waals surface area contributed by atoms with E-state index in [0.29, 0.717) is 6.54 Å². The Morgan fingerprint density at radius 1 is 1.29 bits per heavy atom. The molecule has 21 heavy (non-hydrogen) atoms. The van der Waals surface area contributed by atoms with Crippen LogP contribution in [0.5, 0.6) is 0 Å². The summed E-state index contributed by atoms with van der Waals surface area (Å²) in [6.45, 7) is 0.618. The van der Waals surface area contributed by atoms with Gasteiger partial charge in [-0.1, -0.05) is 36.9 Å². The highest BCUT2D eigenvalue weighted by molar-refractivity contribution is 7.89. The van der Waals surface area contributed by atoms with Gasteiger partial charge in [0.05, 0.1) is 5.02 Å². The van der Waals surface area contributed by atoms with Crippen molar-refractivity contribution in [2.75, 3.05) is 14.1 Å². The van der Waals surface area contributed by atoms with Crippen LogP contribution in [0.1, 0.15) is 37.7 Å². The number of nitrogens with one attached hydrogen (secondary N) is 1. The van der Waals surface area contributed by atoms with E-state index in [1.54, 1.807) is 19.2 Å². The lowest BCUT2D eigenvalue weighted by Crippen LogP contribution is -2.38. The molecule has 0 saturated heterocycles. The molecule has 0 unspecified atom stereocenters. The summed E-state index contributed by atoms with van der Waals surface area (Å²) in [5, 5.41) is 3.31. The Bertz CT molecular complexity index is 583. The second-order valence-corrected chi connectivity index (χ2v) is 7.98. The van der Waals surface area contributed by atoms with Crippen molar-refractivity contribution in [1.29, 1.82) is 0 Å². The van der Waals surface area contributed by atoms with Crippen LogP contribution in [0.3, 0.4) is 0 Å². The van der Waals surface area contributed by atoms with Gasteiger partial charge in [-0.15, -0.1) is 0 Å².